The number of carbonyl (C=O) groups excluding carboxylic acids is 1. The van der Waals surface area contributed by atoms with Gasteiger partial charge in [-0.3, -0.25) is 4.79 Å². The number of thioether (sulfide) groups is 1. The van der Waals surface area contributed by atoms with Gasteiger partial charge >= 0.3 is 0 Å². The summed E-state index contributed by atoms with van der Waals surface area (Å²) >= 11 is 15.3. The zero-order valence-corrected chi connectivity index (χ0v) is 17.0. The van der Waals surface area contributed by atoms with Gasteiger partial charge in [0.1, 0.15) is 0 Å². The summed E-state index contributed by atoms with van der Waals surface area (Å²) in [6.45, 7) is 0.268. The minimum Gasteiger partial charge on any atom is -0.337 e. The minimum absolute atomic E-state index is 0.0333. The highest BCUT2D eigenvalue weighted by Crippen LogP contribution is 2.28. The average Bonchev–Trinajstić information content (AvgIpc) is 3.28. The van der Waals surface area contributed by atoms with Gasteiger partial charge in [-0.15, -0.1) is 23.1 Å². The van der Waals surface area contributed by atoms with Crippen LogP contribution in [0, 0.1) is 0 Å². The molecule has 0 saturated carbocycles. The summed E-state index contributed by atoms with van der Waals surface area (Å²) in [4.78, 5) is 19.1. The van der Waals surface area contributed by atoms with Crippen LogP contribution in [-0.2, 0) is 17.1 Å². The molecule has 0 radical (unpaired) electrons. The van der Waals surface area contributed by atoms with Crippen LogP contribution in [0.2, 0.25) is 10.0 Å². The predicted octanol–water partition coefficient (Wildman–Crippen LogP) is 5.00. The molecule has 0 aliphatic carbocycles. The molecule has 1 aromatic carbocycles. The van der Waals surface area contributed by atoms with Crippen LogP contribution in [0.25, 0.3) is 10.7 Å². The van der Waals surface area contributed by atoms with Gasteiger partial charge in [-0.25, -0.2) is 0 Å². The van der Waals surface area contributed by atoms with Crippen molar-refractivity contribution in [3.8, 4) is 10.7 Å². The van der Waals surface area contributed by atoms with E-state index in [0.29, 0.717) is 33.3 Å². The number of nitrogens with zero attached hydrogens (tertiary/aromatic N) is 3. The highest BCUT2D eigenvalue weighted by atomic mass is 35.5. The van der Waals surface area contributed by atoms with Crippen molar-refractivity contribution in [2.45, 2.75) is 12.3 Å². The number of rotatable bonds is 7. The van der Waals surface area contributed by atoms with Crippen LogP contribution in [0.5, 0.6) is 0 Å². The van der Waals surface area contributed by atoms with Gasteiger partial charge in [-0.1, -0.05) is 40.5 Å². The average molecular weight is 428 g/mol. The van der Waals surface area contributed by atoms with Gasteiger partial charge in [0.2, 0.25) is 17.6 Å². The molecule has 136 valence electrons. The van der Waals surface area contributed by atoms with Gasteiger partial charge in [0.05, 0.1) is 17.2 Å². The molecule has 0 fully saturated rings. The Bertz CT molecular complexity index is 864. The number of amides is 1. The van der Waals surface area contributed by atoms with Crippen LogP contribution < -0.4 is 0 Å². The standard InChI is InChI=1S/C17H15Cl2N3O2S2/c1-22(8-15-20-17(21-24-15)14-6-3-7-26-14)16(23)10-25-9-11-12(18)4-2-5-13(11)19/h2-7H,8-10H2,1H3. The SMILES string of the molecule is CN(Cc1nc(-c2cccs2)no1)C(=O)CSCc1c(Cl)cccc1Cl. The van der Waals surface area contributed by atoms with Crippen molar-refractivity contribution in [1.82, 2.24) is 15.0 Å². The summed E-state index contributed by atoms with van der Waals surface area (Å²) in [5.41, 5.74) is 0.841. The zero-order chi connectivity index (χ0) is 18.5. The van der Waals surface area contributed by atoms with Crippen LogP contribution >= 0.6 is 46.3 Å². The van der Waals surface area contributed by atoms with Crippen LogP contribution in [0.3, 0.4) is 0 Å². The molecule has 3 aromatic rings. The Kier molecular flexibility index (Phi) is 6.58. The summed E-state index contributed by atoms with van der Waals surface area (Å²) in [5.74, 6) is 1.79. The third-order valence-electron chi connectivity index (χ3n) is 3.54. The third-order valence-corrected chi connectivity index (χ3v) is 6.06. The van der Waals surface area contributed by atoms with E-state index in [9.17, 15) is 4.79 Å². The van der Waals surface area contributed by atoms with E-state index in [4.69, 9.17) is 27.7 Å². The number of benzene rings is 1. The van der Waals surface area contributed by atoms with E-state index in [-0.39, 0.29) is 12.5 Å². The molecule has 0 aliphatic rings. The van der Waals surface area contributed by atoms with Gasteiger partial charge in [0, 0.05) is 22.8 Å². The molecule has 0 unspecified atom stereocenters. The molecular formula is C17H15Cl2N3O2S2. The second kappa shape index (κ2) is 8.90. The summed E-state index contributed by atoms with van der Waals surface area (Å²) in [6, 6.07) is 9.22. The zero-order valence-electron chi connectivity index (χ0n) is 13.8. The lowest BCUT2D eigenvalue weighted by molar-refractivity contribution is -0.127. The smallest absolute Gasteiger partial charge is 0.246 e. The molecule has 1 amide bonds. The number of hydrogen-bond donors (Lipinski definition) is 0. The van der Waals surface area contributed by atoms with Gasteiger partial charge in [0.25, 0.3) is 0 Å². The molecule has 26 heavy (non-hydrogen) atoms. The van der Waals surface area contributed by atoms with Crippen molar-refractivity contribution in [3.05, 3.63) is 57.2 Å². The van der Waals surface area contributed by atoms with E-state index >= 15 is 0 Å². The van der Waals surface area contributed by atoms with E-state index in [1.165, 1.54) is 23.1 Å². The molecule has 0 aliphatic heterocycles. The molecule has 0 N–H and O–H groups in total. The van der Waals surface area contributed by atoms with Crippen LogP contribution in [0.1, 0.15) is 11.5 Å². The first-order chi connectivity index (χ1) is 12.5. The van der Waals surface area contributed by atoms with Crippen LogP contribution in [-0.4, -0.2) is 33.7 Å². The number of halogens is 2. The normalized spacial score (nSPS) is 10.9. The highest BCUT2D eigenvalue weighted by Gasteiger charge is 2.15. The monoisotopic (exact) mass is 427 g/mol. The van der Waals surface area contributed by atoms with Crippen molar-refractivity contribution in [2.24, 2.45) is 0 Å². The first-order valence-electron chi connectivity index (χ1n) is 7.65. The Morgan fingerprint density at radius 3 is 2.73 bits per heavy atom. The Labute approximate surface area is 169 Å². The molecule has 9 heteroatoms. The molecular weight excluding hydrogens is 413 g/mol. The van der Waals surface area contributed by atoms with Crippen molar-refractivity contribution < 1.29 is 9.32 Å². The molecule has 3 rings (SSSR count). The Morgan fingerprint density at radius 2 is 2.04 bits per heavy atom. The predicted molar refractivity (Wildman–Crippen MR) is 107 cm³/mol. The van der Waals surface area contributed by atoms with Crippen molar-refractivity contribution in [2.75, 3.05) is 12.8 Å². The first kappa shape index (κ1) is 19.2. The largest absolute Gasteiger partial charge is 0.337 e. The summed E-state index contributed by atoms with van der Waals surface area (Å²) in [5, 5.41) is 7.11. The van der Waals surface area contributed by atoms with Gasteiger partial charge in [-0.2, -0.15) is 4.98 Å². The quantitative estimate of drug-likeness (QED) is 0.530. The topological polar surface area (TPSA) is 59.2 Å². The van der Waals surface area contributed by atoms with Crippen molar-refractivity contribution >= 4 is 52.2 Å². The Balaban J connectivity index is 1.50. The van der Waals surface area contributed by atoms with E-state index in [0.717, 1.165) is 10.4 Å². The van der Waals surface area contributed by atoms with E-state index in [2.05, 4.69) is 10.1 Å². The number of carbonyl (C=O) groups is 1. The second-order valence-corrected chi connectivity index (χ2v) is 8.18. The van der Waals surface area contributed by atoms with E-state index in [1.54, 1.807) is 30.1 Å². The van der Waals surface area contributed by atoms with Crippen LogP contribution in [0.15, 0.2) is 40.2 Å². The maximum Gasteiger partial charge on any atom is 0.246 e. The van der Waals surface area contributed by atoms with Crippen molar-refractivity contribution in [3.63, 3.8) is 0 Å². The van der Waals surface area contributed by atoms with Gasteiger partial charge in [0.15, 0.2) is 0 Å². The minimum atomic E-state index is -0.0333. The summed E-state index contributed by atoms with van der Waals surface area (Å²) < 4.78 is 5.22. The molecule has 2 aromatic heterocycles. The fourth-order valence-electron chi connectivity index (χ4n) is 2.14. The lowest BCUT2D eigenvalue weighted by atomic mass is 10.2. The van der Waals surface area contributed by atoms with E-state index < -0.39 is 0 Å². The number of aromatic nitrogens is 2. The maximum absolute atomic E-state index is 12.3. The van der Waals surface area contributed by atoms with Crippen LogP contribution in [0.4, 0.5) is 0 Å². The first-order valence-corrected chi connectivity index (χ1v) is 10.4. The fraction of sp³-hybridized carbons (Fsp3) is 0.235. The number of thiophene rings is 1. The van der Waals surface area contributed by atoms with Gasteiger partial charge < -0.3 is 9.42 Å². The molecule has 0 bridgehead atoms. The molecule has 0 atom stereocenters. The lowest BCUT2D eigenvalue weighted by Crippen LogP contribution is -2.28. The van der Waals surface area contributed by atoms with Crippen molar-refractivity contribution in [1.29, 1.82) is 0 Å². The number of hydrogen-bond acceptors (Lipinski definition) is 6. The fourth-order valence-corrected chi connectivity index (χ4v) is 4.49. The summed E-state index contributed by atoms with van der Waals surface area (Å²) in [6.07, 6.45) is 0. The van der Waals surface area contributed by atoms with E-state index in [1.807, 2.05) is 17.5 Å². The third kappa shape index (κ3) is 4.79. The molecule has 0 spiro atoms. The Morgan fingerprint density at radius 1 is 1.27 bits per heavy atom. The van der Waals surface area contributed by atoms with Gasteiger partial charge in [-0.05, 0) is 29.1 Å². The summed E-state index contributed by atoms with van der Waals surface area (Å²) in [7, 11) is 1.71. The molecule has 5 nitrogen and oxygen atoms in total. The highest BCUT2D eigenvalue weighted by molar-refractivity contribution is 7.99. The molecule has 2 heterocycles. The Hall–Kier alpha value is -1.54. The lowest BCUT2D eigenvalue weighted by Gasteiger charge is -2.14. The second-order valence-electron chi connectivity index (χ2n) is 5.43. The molecule has 0 saturated heterocycles. The maximum atomic E-state index is 12.3.